The zero-order chi connectivity index (χ0) is 10.9. The van der Waals surface area contributed by atoms with E-state index in [-0.39, 0.29) is 10.3 Å². The Kier molecular flexibility index (Phi) is 3.00. The summed E-state index contributed by atoms with van der Waals surface area (Å²) in [4.78, 5) is 10.4. The van der Waals surface area contributed by atoms with E-state index in [0.29, 0.717) is 11.5 Å². The molecule has 0 saturated heterocycles. The highest BCUT2D eigenvalue weighted by Crippen LogP contribution is 2.34. The van der Waals surface area contributed by atoms with Crippen LogP contribution in [0.2, 0.25) is 0 Å². The van der Waals surface area contributed by atoms with Crippen LogP contribution in [0.3, 0.4) is 0 Å². The molecule has 14 heavy (non-hydrogen) atoms. The number of rotatable bonds is 1. The number of nitrogens with zero attached hydrogens (tertiary/aromatic N) is 1. The fourth-order valence-corrected chi connectivity index (χ4v) is 1.62. The molecule has 0 N–H and O–H groups in total. The van der Waals surface area contributed by atoms with Gasteiger partial charge >= 0.3 is 0 Å². The van der Waals surface area contributed by atoms with E-state index < -0.39 is 6.04 Å². The third-order valence-corrected chi connectivity index (χ3v) is 2.77. The van der Waals surface area contributed by atoms with E-state index in [1.807, 2.05) is 26.8 Å². The van der Waals surface area contributed by atoms with E-state index in [2.05, 4.69) is 0 Å². The Morgan fingerprint density at radius 1 is 1.50 bits per heavy atom. The van der Waals surface area contributed by atoms with Crippen LogP contribution in [0.25, 0.3) is 0 Å². The van der Waals surface area contributed by atoms with Gasteiger partial charge < -0.3 is 0 Å². The first-order valence-electron chi connectivity index (χ1n) is 4.52. The molecule has 0 heterocycles. The van der Waals surface area contributed by atoms with Gasteiger partial charge in [-0.2, -0.15) is 0 Å². The van der Waals surface area contributed by atoms with Gasteiger partial charge in [-0.1, -0.05) is 44.0 Å². The molecule has 1 aliphatic rings. The van der Waals surface area contributed by atoms with Crippen molar-refractivity contribution in [1.82, 2.24) is 0 Å². The topological polar surface area (TPSA) is 43.1 Å². The number of allylic oxidation sites excluding steroid dienone is 2. The predicted octanol–water partition coefficient (Wildman–Crippen LogP) is 3.13. The van der Waals surface area contributed by atoms with Crippen molar-refractivity contribution in [2.45, 2.75) is 33.2 Å². The zero-order valence-corrected chi connectivity index (χ0v) is 9.34. The van der Waals surface area contributed by atoms with Crippen LogP contribution in [-0.4, -0.2) is 11.0 Å². The van der Waals surface area contributed by atoms with Gasteiger partial charge in [-0.05, 0) is 11.5 Å². The molecule has 0 aromatic rings. The average Bonchev–Trinajstić information content (AvgIpc) is 2.02. The van der Waals surface area contributed by atoms with Crippen LogP contribution in [0.15, 0.2) is 22.8 Å². The molecule has 0 radical (unpaired) electrons. The second-order valence-electron chi connectivity index (χ2n) is 4.50. The molecule has 0 amide bonds. The summed E-state index contributed by atoms with van der Waals surface area (Å²) in [6.45, 7) is 6.13. The van der Waals surface area contributed by atoms with Crippen LogP contribution >= 0.6 is 11.6 Å². The van der Waals surface area contributed by atoms with Crippen molar-refractivity contribution in [1.29, 1.82) is 0 Å². The molecule has 1 rings (SSSR count). The zero-order valence-electron chi connectivity index (χ0n) is 8.58. The van der Waals surface area contributed by atoms with Crippen LogP contribution in [0, 0.1) is 15.5 Å². The van der Waals surface area contributed by atoms with Crippen LogP contribution in [-0.2, 0) is 0 Å². The first-order valence-corrected chi connectivity index (χ1v) is 4.90. The van der Waals surface area contributed by atoms with Crippen LogP contribution < -0.4 is 0 Å². The van der Waals surface area contributed by atoms with Gasteiger partial charge in [0, 0.05) is 11.3 Å². The summed E-state index contributed by atoms with van der Waals surface area (Å²) in [5, 5.41) is 11.0. The molecule has 1 unspecified atom stereocenters. The fraction of sp³-hybridized carbons (Fsp3) is 0.600. The Morgan fingerprint density at radius 2 is 2.07 bits per heavy atom. The van der Waals surface area contributed by atoms with Crippen molar-refractivity contribution in [3.8, 4) is 0 Å². The maximum absolute atomic E-state index is 10.7. The Bertz CT molecular complexity index is 313. The summed E-state index contributed by atoms with van der Waals surface area (Å²) in [6.07, 6.45) is 3.95. The highest BCUT2D eigenvalue weighted by molar-refractivity contribution is 6.30. The molecule has 1 atom stereocenters. The molecule has 0 aromatic heterocycles. The van der Waals surface area contributed by atoms with Crippen molar-refractivity contribution in [2.75, 3.05) is 0 Å². The molecule has 1 aliphatic carbocycles. The van der Waals surface area contributed by atoms with Gasteiger partial charge in [0.15, 0.2) is 0 Å². The minimum absolute atomic E-state index is 0.0254. The first-order chi connectivity index (χ1) is 6.32. The predicted molar refractivity (Wildman–Crippen MR) is 56.9 cm³/mol. The number of halogens is 1. The minimum Gasteiger partial charge on any atom is -0.264 e. The Balaban J connectivity index is 2.93. The number of nitro groups is 1. The molecular formula is C10H14ClNO2. The highest BCUT2D eigenvalue weighted by Gasteiger charge is 2.31. The largest absolute Gasteiger partial charge is 0.264 e. The third kappa shape index (κ3) is 2.35. The normalized spacial score (nSPS) is 22.7. The summed E-state index contributed by atoms with van der Waals surface area (Å²) >= 11 is 5.77. The SMILES string of the molecule is CC(C)(C)C1=CC=C(Cl)C([N+](=O)[O-])C1. The van der Waals surface area contributed by atoms with E-state index >= 15 is 0 Å². The van der Waals surface area contributed by atoms with Crippen molar-refractivity contribution in [3.05, 3.63) is 32.9 Å². The second-order valence-corrected chi connectivity index (χ2v) is 4.94. The smallest absolute Gasteiger partial charge is 0.252 e. The molecular weight excluding hydrogens is 202 g/mol. The molecule has 78 valence electrons. The van der Waals surface area contributed by atoms with E-state index in [4.69, 9.17) is 11.6 Å². The summed E-state index contributed by atoms with van der Waals surface area (Å²) < 4.78 is 0. The Morgan fingerprint density at radius 3 is 2.50 bits per heavy atom. The van der Waals surface area contributed by atoms with Crippen molar-refractivity contribution < 1.29 is 4.92 Å². The lowest BCUT2D eigenvalue weighted by molar-refractivity contribution is -0.510. The molecule has 0 fully saturated rings. The summed E-state index contributed by atoms with van der Waals surface area (Å²) in [5.74, 6) is 0. The second kappa shape index (κ2) is 3.73. The minimum atomic E-state index is -0.754. The maximum Gasteiger partial charge on any atom is 0.252 e. The van der Waals surface area contributed by atoms with Crippen molar-refractivity contribution >= 4 is 11.6 Å². The van der Waals surface area contributed by atoms with Gasteiger partial charge in [-0.3, -0.25) is 10.1 Å². The molecule has 0 spiro atoms. The first kappa shape index (κ1) is 11.2. The lowest BCUT2D eigenvalue weighted by atomic mass is 9.81. The summed E-state index contributed by atoms with van der Waals surface area (Å²) in [6, 6.07) is -0.754. The van der Waals surface area contributed by atoms with Gasteiger partial charge in [0.2, 0.25) is 0 Å². The lowest BCUT2D eigenvalue weighted by Crippen LogP contribution is -2.26. The van der Waals surface area contributed by atoms with E-state index in [1.54, 1.807) is 6.08 Å². The fourth-order valence-electron chi connectivity index (χ4n) is 1.40. The molecule has 4 heteroatoms. The summed E-state index contributed by atoms with van der Waals surface area (Å²) in [5.41, 5.74) is 1.05. The van der Waals surface area contributed by atoms with Crippen molar-refractivity contribution in [3.63, 3.8) is 0 Å². The van der Waals surface area contributed by atoms with Gasteiger partial charge in [-0.15, -0.1) is 0 Å². The molecule has 0 saturated carbocycles. The van der Waals surface area contributed by atoms with Crippen LogP contribution in [0.1, 0.15) is 27.2 Å². The maximum atomic E-state index is 10.7. The Hall–Kier alpha value is -0.830. The van der Waals surface area contributed by atoms with E-state index in [1.165, 1.54) is 0 Å². The van der Waals surface area contributed by atoms with Gasteiger partial charge in [0.25, 0.3) is 6.04 Å². The Labute approximate surface area is 88.6 Å². The highest BCUT2D eigenvalue weighted by atomic mass is 35.5. The molecule has 0 aliphatic heterocycles. The summed E-state index contributed by atoms with van der Waals surface area (Å²) in [7, 11) is 0. The number of hydrogen-bond donors (Lipinski definition) is 0. The van der Waals surface area contributed by atoms with Crippen molar-refractivity contribution in [2.24, 2.45) is 5.41 Å². The third-order valence-electron chi connectivity index (χ3n) is 2.39. The average molecular weight is 216 g/mol. The molecule has 0 bridgehead atoms. The van der Waals surface area contributed by atoms with Gasteiger partial charge in [0.05, 0.1) is 5.03 Å². The van der Waals surface area contributed by atoms with E-state index in [9.17, 15) is 10.1 Å². The monoisotopic (exact) mass is 215 g/mol. The van der Waals surface area contributed by atoms with Crippen LogP contribution in [0.5, 0.6) is 0 Å². The van der Waals surface area contributed by atoms with E-state index in [0.717, 1.165) is 5.57 Å². The number of hydrogen-bond acceptors (Lipinski definition) is 2. The lowest BCUT2D eigenvalue weighted by Gasteiger charge is -2.26. The van der Waals surface area contributed by atoms with Gasteiger partial charge in [0.1, 0.15) is 0 Å². The molecule has 3 nitrogen and oxygen atoms in total. The standard InChI is InChI=1S/C10H14ClNO2/c1-10(2,3)7-4-5-8(11)9(6-7)12(13)14/h4-5,9H,6H2,1-3H3. The molecule has 0 aromatic carbocycles. The quantitative estimate of drug-likeness (QED) is 0.498. The van der Waals surface area contributed by atoms with Crippen LogP contribution in [0.4, 0.5) is 0 Å². The van der Waals surface area contributed by atoms with Gasteiger partial charge in [-0.25, -0.2) is 0 Å².